The van der Waals surface area contributed by atoms with Crippen molar-refractivity contribution in [1.29, 1.82) is 0 Å². The summed E-state index contributed by atoms with van der Waals surface area (Å²) in [6.45, 7) is 5.64. The minimum absolute atomic E-state index is 0.685. The fourth-order valence-corrected chi connectivity index (χ4v) is 3.39. The average molecular weight is 266 g/mol. The summed E-state index contributed by atoms with van der Waals surface area (Å²) in [5.41, 5.74) is 0. The monoisotopic (exact) mass is 266 g/mol. The Hall–Kier alpha value is -0.0400. The number of hydrogen-bond donors (Lipinski definition) is 0. The summed E-state index contributed by atoms with van der Waals surface area (Å²) in [7, 11) is 0. The van der Waals surface area contributed by atoms with Crippen LogP contribution in [0.1, 0.15) is 97.3 Å². The first-order valence-electron chi connectivity index (χ1n) is 9.03. The molecule has 1 atom stereocenters. The van der Waals surface area contributed by atoms with E-state index in [4.69, 9.17) is 5.32 Å². The van der Waals surface area contributed by atoms with E-state index in [0.717, 1.165) is 12.5 Å². The lowest BCUT2D eigenvalue weighted by molar-refractivity contribution is 0.285. The van der Waals surface area contributed by atoms with Gasteiger partial charge in [-0.15, -0.1) is 0 Å². The Morgan fingerprint density at radius 2 is 1.63 bits per heavy atom. The lowest BCUT2D eigenvalue weighted by Crippen LogP contribution is -2.26. The molecular formula is C18H36N. The van der Waals surface area contributed by atoms with Gasteiger partial charge in [0.1, 0.15) is 0 Å². The van der Waals surface area contributed by atoms with Gasteiger partial charge in [-0.3, -0.25) is 0 Å². The molecule has 0 spiro atoms. The fourth-order valence-electron chi connectivity index (χ4n) is 3.39. The summed E-state index contributed by atoms with van der Waals surface area (Å²) in [6, 6.07) is 0.685. The highest BCUT2D eigenvalue weighted by atomic mass is 14.9. The van der Waals surface area contributed by atoms with Crippen LogP contribution in [0.25, 0.3) is 0 Å². The van der Waals surface area contributed by atoms with E-state index in [-0.39, 0.29) is 0 Å². The van der Waals surface area contributed by atoms with Gasteiger partial charge < -0.3 is 0 Å². The van der Waals surface area contributed by atoms with E-state index in [1.54, 1.807) is 0 Å². The molecule has 0 amide bonds. The molecule has 1 unspecified atom stereocenters. The first-order chi connectivity index (χ1) is 9.36. The summed E-state index contributed by atoms with van der Waals surface area (Å²) in [5, 5.41) is 4.95. The third-order valence-electron chi connectivity index (χ3n) is 4.58. The lowest BCUT2D eigenvalue weighted by atomic mass is 9.84. The molecular weight excluding hydrogens is 230 g/mol. The zero-order valence-corrected chi connectivity index (χ0v) is 13.5. The topological polar surface area (TPSA) is 14.1 Å². The van der Waals surface area contributed by atoms with Gasteiger partial charge in [-0.05, 0) is 25.2 Å². The quantitative estimate of drug-likeness (QED) is 0.426. The summed E-state index contributed by atoms with van der Waals surface area (Å²) in [4.78, 5) is 0. The predicted molar refractivity (Wildman–Crippen MR) is 85.6 cm³/mol. The molecule has 0 bridgehead atoms. The second-order valence-corrected chi connectivity index (χ2v) is 6.50. The molecule has 1 aliphatic rings. The van der Waals surface area contributed by atoms with Crippen molar-refractivity contribution in [2.24, 2.45) is 5.92 Å². The molecule has 1 fully saturated rings. The van der Waals surface area contributed by atoms with Gasteiger partial charge in [-0.2, -0.15) is 0 Å². The van der Waals surface area contributed by atoms with E-state index < -0.39 is 0 Å². The molecule has 0 heterocycles. The van der Waals surface area contributed by atoms with Gasteiger partial charge in [0.25, 0.3) is 0 Å². The molecule has 1 aliphatic carbocycles. The van der Waals surface area contributed by atoms with E-state index in [2.05, 4.69) is 13.8 Å². The third-order valence-corrected chi connectivity index (χ3v) is 4.58. The first-order valence-corrected chi connectivity index (χ1v) is 9.03. The van der Waals surface area contributed by atoms with Crippen LogP contribution >= 0.6 is 0 Å². The molecule has 1 radical (unpaired) electrons. The Kier molecular flexibility index (Phi) is 10.5. The fraction of sp³-hybridized carbons (Fsp3) is 1.00. The van der Waals surface area contributed by atoms with E-state index in [0.29, 0.717) is 6.04 Å². The predicted octanol–water partition coefficient (Wildman–Crippen LogP) is 5.70. The maximum atomic E-state index is 4.95. The number of hydrogen-bond acceptors (Lipinski definition) is 0. The van der Waals surface area contributed by atoms with Gasteiger partial charge >= 0.3 is 0 Å². The van der Waals surface area contributed by atoms with Crippen molar-refractivity contribution in [3.05, 3.63) is 0 Å². The second-order valence-electron chi connectivity index (χ2n) is 6.50. The van der Waals surface area contributed by atoms with E-state index in [1.165, 1.54) is 83.5 Å². The maximum absolute atomic E-state index is 4.95. The van der Waals surface area contributed by atoms with Crippen molar-refractivity contribution >= 4 is 0 Å². The SMILES string of the molecule is CCCCCCCC(CC1CCCCC1)[N]CCC. The second kappa shape index (κ2) is 11.8. The van der Waals surface area contributed by atoms with Gasteiger partial charge in [0.2, 0.25) is 0 Å². The maximum Gasteiger partial charge on any atom is 0.0248 e. The molecule has 1 nitrogen and oxygen atoms in total. The Labute approximate surface area is 121 Å². The average Bonchev–Trinajstić information content (AvgIpc) is 2.45. The first kappa shape index (κ1) is 17.0. The van der Waals surface area contributed by atoms with Crippen molar-refractivity contribution in [3.8, 4) is 0 Å². The Balaban J connectivity index is 2.17. The van der Waals surface area contributed by atoms with E-state index in [9.17, 15) is 0 Å². The smallest absolute Gasteiger partial charge is 0.0248 e. The molecule has 0 aromatic carbocycles. The zero-order valence-electron chi connectivity index (χ0n) is 13.5. The summed E-state index contributed by atoms with van der Waals surface area (Å²) in [5.74, 6) is 0.995. The highest BCUT2D eigenvalue weighted by Crippen LogP contribution is 2.28. The van der Waals surface area contributed by atoms with Crippen LogP contribution < -0.4 is 5.32 Å². The van der Waals surface area contributed by atoms with Crippen LogP contribution in [-0.4, -0.2) is 12.6 Å². The molecule has 1 rings (SSSR count). The number of nitrogens with zero attached hydrogens (tertiary/aromatic N) is 1. The largest absolute Gasteiger partial charge is 0.238 e. The van der Waals surface area contributed by atoms with Crippen molar-refractivity contribution in [1.82, 2.24) is 5.32 Å². The highest BCUT2D eigenvalue weighted by molar-refractivity contribution is 4.74. The molecule has 1 saturated carbocycles. The van der Waals surface area contributed by atoms with Gasteiger partial charge in [0.05, 0.1) is 0 Å². The number of unbranched alkanes of at least 4 members (excludes halogenated alkanes) is 4. The van der Waals surface area contributed by atoms with Gasteiger partial charge in [-0.25, -0.2) is 5.32 Å². The van der Waals surface area contributed by atoms with Crippen molar-refractivity contribution < 1.29 is 0 Å². The standard InChI is InChI=1S/C18H36N/c1-3-5-6-7-11-14-18(19-15-4-2)16-17-12-9-8-10-13-17/h17-18H,3-16H2,1-2H3. The molecule has 19 heavy (non-hydrogen) atoms. The van der Waals surface area contributed by atoms with Gasteiger partial charge in [-0.1, -0.05) is 78.1 Å². The molecule has 0 aliphatic heterocycles. The van der Waals surface area contributed by atoms with Crippen molar-refractivity contribution in [3.63, 3.8) is 0 Å². The summed E-state index contributed by atoms with van der Waals surface area (Å²) in [6.07, 6.45) is 18.4. The molecule has 0 N–H and O–H groups in total. The zero-order chi connectivity index (χ0) is 13.8. The van der Waals surface area contributed by atoms with Crippen LogP contribution in [0.15, 0.2) is 0 Å². The van der Waals surface area contributed by atoms with Crippen LogP contribution in [0, 0.1) is 5.92 Å². The molecule has 113 valence electrons. The Morgan fingerprint density at radius 3 is 2.32 bits per heavy atom. The van der Waals surface area contributed by atoms with E-state index in [1.807, 2.05) is 0 Å². The third kappa shape index (κ3) is 8.68. The van der Waals surface area contributed by atoms with Crippen molar-refractivity contribution in [2.75, 3.05) is 6.54 Å². The molecule has 0 aromatic rings. The minimum atomic E-state index is 0.685. The van der Waals surface area contributed by atoms with Crippen molar-refractivity contribution in [2.45, 2.75) is 103 Å². The number of rotatable bonds is 11. The molecule has 0 aromatic heterocycles. The van der Waals surface area contributed by atoms with Gasteiger partial charge in [0, 0.05) is 12.6 Å². The van der Waals surface area contributed by atoms with Crippen LogP contribution in [0.4, 0.5) is 0 Å². The normalized spacial score (nSPS) is 18.6. The summed E-state index contributed by atoms with van der Waals surface area (Å²) >= 11 is 0. The molecule has 1 heteroatoms. The van der Waals surface area contributed by atoms with Crippen LogP contribution in [0.5, 0.6) is 0 Å². The van der Waals surface area contributed by atoms with Crippen LogP contribution in [0.3, 0.4) is 0 Å². The molecule has 0 saturated heterocycles. The van der Waals surface area contributed by atoms with E-state index >= 15 is 0 Å². The lowest BCUT2D eigenvalue weighted by Gasteiger charge is -2.26. The highest BCUT2D eigenvalue weighted by Gasteiger charge is 2.18. The summed E-state index contributed by atoms with van der Waals surface area (Å²) < 4.78 is 0. The van der Waals surface area contributed by atoms with Gasteiger partial charge in [0.15, 0.2) is 0 Å². The Morgan fingerprint density at radius 1 is 0.895 bits per heavy atom. The Bertz CT molecular complexity index is 184. The van der Waals surface area contributed by atoms with Crippen LogP contribution in [0.2, 0.25) is 0 Å². The minimum Gasteiger partial charge on any atom is -0.238 e. The van der Waals surface area contributed by atoms with Crippen LogP contribution in [-0.2, 0) is 0 Å².